The average molecular weight is 508 g/mol. The maximum atomic E-state index is 13.7. The average Bonchev–Trinajstić information content (AvgIpc) is 2.91. The zero-order valence-electron chi connectivity index (χ0n) is 21.7. The molecule has 1 N–H and O–H groups in total. The number of hydrogen-bond acceptors (Lipinski definition) is 5. The molecule has 9 nitrogen and oxygen atoms in total. The highest BCUT2D eigenvalue weighted by molar-refractivity contribution is 5.92. The molecule has 0 aliphatic carbocycles. The highest BCUT2D eigenvalue weighted by Crippen LogP contribution is 2.34. The lowest BCUT2D eigenvalue weighted by molar-refractivity contribution is -0.187. The van der Waals surface area contributed by atoms with E-state index in [-0.39, 0.29) is 30.9 Å². The van der Waals surface area contributed by atoms with Crippen molar-refractivity contribution in [2.24, 2.45) is 0 Å². The van der Waals surface area contributed by atoms with Crippen molar-refractivity contribution in [2.45, 2.75) is 44.9 Å². The molecule has 4 rings (SSSR count). The van der Waals surface area contributed by atoms with E-state index in [1.807, 2.05) is 60.7 Å². The van der Waals surface area contributed by atoms with Gasteiger partial charge in [0.1, 0.15) is 12.2 Å². The topological polar surface area (TPSA) is 85.4 Å². The Labute approximate surface area is 218 Å². The lowest BCUT2D eigenvalue weighted by Crippen LogP contribution is -2.73. The normalized spacial score (nSPS) is 20.2. The van der Waals surface area contributed by atoms with Gasteiger partial charge in [-0.25, -0.2) is 14.8 Å². The van der Waals surface area contributed by atoms with Gasteiger partial charge in [-0.3, -0.25) is 9.59 Å². The number of piperazine rings is 1. The Balaban J connectivity index is 1.56. The molecule has 9 heteroatoms. The Kier molecular flexibility index (Phi) is 9.14. The summed E-state index contributed by atoms with van der Waals surface area (Å²) in [6, 6.07) is 17.9. The number of hydrazine groups is 1. The van der Waals surface area contributed by atoms with E-state index >= 15 is 0 Å². The Bertz CT molecular complexity index is 1050. The number of ether oxygens (including phenoxy) is 1. The van der Waals surface area contributed by atoms with E-state index in [2.05, 4.69) is 12.2 Å². The predicted octanol–water partition coefficient (Wildman–Crippen LogP) is 3.00. The molecule has 0 saturated carbocycles. The van der Waals surface area contributed by atoms with Gasteiger partial charge in [-0.1, -0.05) is 74.0 Å². The van der Waals surface area contributed by atoms with E-state index in [1.165, 1.54) is 0 Å². The molecular weight excluding hydrogens is 470 g/mol. The second kappa shape index (κ2) is 12.7. The van der Waals surface area contributed by atoms with Crippen molar-refractivity contribution in [3.8, 4) is 0 Å². The molecule has 0 unspecified atom stereocenters. The Hall–Kier alpha value is -3.43. The van der Waals surface area contributed by atoms with E-state index in [0.717, 1.165) is 24.0 Å². The van der Waals surface area contributed by atoms with Gasteiger partial charge in [0, 0.05) is 33.4 Å². The van der Waals surface area contributed by atoms with Crippen LogP contribution in [0.4, 0.5) is 4.79 Å². The molecule has 0 spiro atoms. The summed E-state index contributed by atoms with van der Waals surface area (Å²) >= 11 is 0. The van der Waals surface area contributed by atoms with Gasteiger partial charge in [0.2, 0.25) is 11.8 Å². The van der Waals surface area contributed by atoms with Crippen LogP contribution < -0.4 is 5.32 Å². The Morgan fingerprint density at radius 3 is 2.38 bits per heavy atom. The van der Waals surface area contributed by atoms with Crippen molar-refractivity contribution in [2.75, 3.05) is 39.9 Å². The van der Waals surface area contributed by atoms with Crippen molar-refractivity contribution < 1.29 is 19.1 Å². The first-order chi connectivity index (χ1) is 18.0. The van der Waals surface area contributed by atoms with Gasteiger partial charge in [-0.15, -0.1) is 0 Å². The van der Waals surface area contributed by atoms with Crippen LogP contribution in [0.2, 0.25) is 0 Å². The van der Waals surface area contributed by atoms with E-state index < -0.39 is 12.2 Å². The lowest BCUT2D eigenvalue weighted by atomic mass is 9.98. The number of rotatable bonds is 10. The third kappa shape index (κ3) is 6.29. The fraction of sp³-hybridized carbons (Fsp3) is 0.464. The molecule has 37 heavy (non-hydrogen) atoms. The Morgan fingerprint density at radius 2 is 1.68 bits per heavy atom. The van der Waals surface area contributed by atoms with Crippen molar-refractivity contribution in [1.29, 1.82) is 0 Å². The molecule has 198 valence electrons. The number of carbonyl (C=O) groups excluding carboxylic acids is 3. The van der Waals surface area contributed by atoms with Crippen LogP contribution in [0.5, 0.6) is 0 Å². The van der Waals surface area contributed by atoms with E-state index in [1.54, 1.807) is 26.9 Å². The maximum absolute atomic E-state index is 13.7. The monoisotopic (exact) mass is 507 g/mol. The van der Waals surface area contributed by atoms with Crippen LogP contribution in [-0.4, -0.2) is 83.7 Å². The molecule has 0 aromatic heterocycles. The molecule has 2 aliphatic rings. The second-order valence-electron chi connectivity index (χ2n) is 9.50. The minimum absolute atomic E-state index is 0.0111. The number of carbonyl (C=O) groups is 3. The summed E-state index contributed by atoms with van der Waals surface area (Å²) < 4.78 is 5.70. The van der Waals surface area contributed by atoms with E-state index in [4.69, 9.17) is 4.74 Å². The van der Waals surface area contributed by atoms with Crippen LogP contribution >= 0.6 is 0 Å². The number of urea groups is 1. The molecule has 2 heterocycles. The quantitative estimate of drug-likeness (QED) is 0.500. The molecule has 0 radical (unpaired) electrons. The number of fused-ring (bicyclic) bond motifs is 1. The smallest absolute Gasteiger partial charge is 0.334 e. The van der Waals surface area contributed by atoms with Crippen LogP contribution in [0.15, 0.2) is 60.7 Å². The Morgan fingerprint density at radius 1 is 1.00 bits per heavy atom. The van der Waals surface area contributed by atoms with Gasteiger partial charge in [0.15, 0.2) is 0 Å². The van der Waals surface area contributed by atoms with E-state index in [0.29, 0.717) is 32.7 Å². The number of nitrogens with one attached hydrogen (secondary N) is 1. The van der Waals surface area contributed by atoms with Gasteiger partial charge in [-0.05, 0) is 24.0 Å². The third-order valence-corrected chi connectivity index (χ3v) is 6.80. The van der Waals surface area contributed by atoms with Gasteiger partial charge < -0.3 is 19.9 Å². The summed E-state index contributed by atoms with van der Waals surface area (Å²) in [7, 11) is 1.73. The standard InChI is InChI=1S/C28H37N5O4/c1-3-4-17-37-18-11-16-31-20-24-32(26(27(31)35)23-14-9-6-10-15-23)25(34)21-30(2)33(24)28(36)29-19-22-12-7-5-8-13-22/h5-10,12-15,24,26H,3-4,11,16-21H2,1-2H3,(H,29,36)/t24-,26-/m0/s1. The molecule has 2 saturated heterocycles. The zero-order chi connectivity index (χ0) is 26.2. The van der Waals surface area contributed by atoms with Crippen molar-refractivity contribution in [3.05, 3.63) is 71.8 Å². The second-order valence-corrected chi connectivity index (χ2v) is 9.50. The van der Waals surface area contributed by atoms with Crippen LogP contribution in [0.3, 0.4) is 0 Å². The van der Waals surface area contributed by atoms with E-state index in [9.17, 15) is 14.4 Å². The number of likely N-dealkylation sites (N-methyl/N-ethyl adjacent to an activating group) is 1. The summed E-state index contributed by atoms with van der Waals surface area (Å²) in [6.45, 7) is 4.51. The van der Waals surface area contributed by atoms with Gasteiger partial charge in [-0.2, -0.15) is 0 Å². The van der Waals surface area contributed by atoms with Crippen molar-refractivity contribution >= 4 is 17.8 Å². The van der Waals surface area contributed by atoms with Crippen LogP contribution in [0, 0.1) is 0 Å². The summed E-state index contributed by atoms with van der Waals surface area (Å²) in [5, 5.41) is 6.21. The molecular formula is C28H37N5O4. The highest BCUT2D eigenvalue weighted by Gasteiger charge is 2.51. The first-order valence-corrected chi connectivity index (χ1v) is 13.1. The molecule has 4 amide bonds. The molecule has 0 bridgehead atoms. The highest BCUT2D eigenvalue weighted by atomic mass is 16.5. The van der Waals surface area contributed by atoms with Gasteiger partial charge in [0.25, 0.3) is 0 Å². The van der Waals surface area contributed by atoms with Gasteiger partial charge >= 0.3 is 6.03 Å². The van der Waals surface area contributed by atoms with Crippen LogP contribution in [0.25, 0.3) is 0 Å². The number of unbranched alkanes of at least 4 members (excludes halogenated alkanes) is 1. The SMILES string of the molecule is CCCCOCCCN1C[C@H]2N(C(=O)CN(C)N2C(=O)NCc2ccccc2)[C@@H](c2ccccc2)C1=O. The third-order valence-electron chi connectivity index (χ3n) is 6.80. The molecule has 2 atom stereocenters. The summed E-state index contributed by atoms with van der Waals surface area (Å²) in [5.74, 6) is -0.303. The number of benzene rings is 2. The fourth-order valence-corrected chi connectivity index (χ4v) is 4.92. The maximum Gasteiger partial charge on any atom is 0.334 e. The minimum atomic E-state index is -0.786. The van der Waals surface area contributed by atoms with Gasteiger partial charge in [0.05, 0.1) is 13.1 Å². The fourth-order valence-electron chi connectivity index (χ4n) is 4.92. The molecule has 2 aromatic rings. The predicted molar refractivity (Wildman–Crippen MR) is 140 cm³/mol. The summed E-state index contributed by atoms with van der Waals surface area (Å²) in [6.07, 6.45) is 2.15. The van der Waals surface area contributed by atoms with Crippen molar-refractivity contribution in [1.82, 2.24) is 25.1 Å². The molecule has 2 fully saturated rings. The number of amides is 4. The summed E-state index contributed by atoms with van der Waals surface area (Å²) in [4.78, 5) is 43.8. The summed E-state index contributed by atoms with van der Waals surface area (Å²) in [5.41, 5.74) is 1.72. The largest absolute Gasteiger partial charge is 0.381 e. The lowest BCUT2D eigenvalue weighted by Gasteiger charge is -2.54. The van der Waals surface area contributed by atoms with Crippen molar-refractivity contribution in [3.63, 3.8) is 0 Å². The molecule has 2 aromatic carbocycles. The minimum Gasteiger partial charge on any atom is -0.381 e. The molecule has 2 aliphatic heterocycles. The zero-order valence-corrected chi connectivity index (χ0v) is 21.7. The first kappa shape index (κ1) is 26.6. The first-order valence-electron chi connectivity index (χ1n) is 13.1. The number of nitrogens with zero attached hydrogens (tertiary/aromatic N) is 4. The number of hydrogen-bond donors (Lipinski definition) is 1. The van der Waals surface area contributed by atoms with Crippen LogP contribution in [-0.2, 0) is 20.9 Å². The van der Waals surface area contributed by atoms with Crippen LogP contribution in [0.1, 0.15) is 43.4 Å².